The van der Waals surface area contributed by atoms with Crippen LogP contribution in [-0.2, 0) is 11.2 Å². The van der Waals surface area contributed by atoms with Crippen molar-refractivity contribution < 1.29 is 4.79 Å². The van der Waals surface area contributed by atoms with Gasteiger partial charge in [-0.3, -0.25) is 4.79 Å². The van der Waals surface area contributed by atoms with Gasteiger partial charge in [-0.25, -0.2) is 0 Å². The number of nitrogens with two attached hydrogens (primary N) is 1. The third kappa shape index (κ3) is 2.80. The van der Waals surface area contributed by atoms with Crippen LogP contribution in [0, 0.1) is 0 Å². The quantitative estimate of drug-likeness (QED) is 0.864. The molecule has 1 aliphatic heterocycles. The molecular weight excluding hydrogens is 336 g/mol. The molecular formula is C15H15BrN2OS. The molecule has 1 unspecified atom stereocenters. The number of carbonyl (C=O) groups is 1. The van der Waals surface area contributed by atoms with Gasteiger partial charge in [-0.2, -0.15) is 0 Å². The van der Waals surface area contributed by atoms with Crippen LogP contribution in [0.2, 0.25) is 0 Å². The maximum absolute atomic E-state index is 11.5. The topological polar surface area (TPSA) is 55.1 Å². The standard InChI is InChI=1S/C15H15BrN2OS/c16-13-7-6-12(20-13)15(17)10-4-5-11-9(8-10)2-1-3-14(19)18-11/h4-8,15H,1-3,17H2,(H,18,19). The molecule has 2 aromatic rings. The average molecular weight is 351 g/mol. The maximum atomic E-state index is 11.5. The molecule has 0 bridgehead atoms. The summed E-state index contributed by atoms with van der Waals surface area (Å²) in [5.41, 5.74) is 9.53. The number of carbonyl (C=O) groups excluding carboxylic acids is 1. The molecule has 3 nitrogen and oxygen atoms in total. The number of thiophene rings is 1. The number of nitrogens with one attached hydrogen (secondary N) is 1. The molecule has 5 heteroatoms. The van der Waals surface area contributed by atoms with E-state index in [-0.39, 0.29) is 11.9 Å². The average Bonchev–Trinajstić information content (AvgIpc) is 2.77. The van der Waals surface area contributed by atoms with Crippen LogP contribution < -0.4 is 11.1 Å². The van der Waals surface area contributed by atoms with Crippen LogP contribution in [0.4, 0.5) is 5.69 Å². The maximum Gasteiger partial charge on any atom is 0.224 e. The van der Waals surface area contributed by atoms with Crippen LogP contribution in [0.15, 0.2) is 34.1 Å². The summed E-state index contributed by atoms with van der Waals surface area (Å²) in [6.45, 7) is 0. The van der Waals surface area contributed by atoms with E-state index in [0.717, 1.165) is 32.8 Å². The highest BCUT2D eigenvalue weighted by Gasteiger charge is 2.16. The van der Waals surface area contributed by atoms with E-state index >= 15 is 0 Å². The second kappa shape index (κ2) is 5.68. The Kier molecular flexibility index (Phi) is 3.92. The van der Waals surface area contributed by atoms with Gasteiger partial charge < -0.3 is 11.1 Å². The number of hydrogen-bond donors (Lipinski definition) is 2. The van der Waals surface area contributed by atoms with E-state index in [2.05, 4.69) is 27.3 Å². The van der Waals surface area contributed by atoms with E-state index in [1.807, 2.05) is 24.3 Å². The number of benzene rings is 1. The van der Waals surface area contributed by atoms with Crippen LogP contribution >= 0.6 is 27.3 Å². The molecule has 0 saturated heterocycles. The van der Waals surface area contributed by atoms with Gasteiger partial charge in [0.1, 0.15) is 0 Å². The van der Waals surface area contributed by atoms with Gasteiger partial charge >= 0.3 is 0 Å². The molecule has 3 rings (SSSR count). The number of hydrogen-bond acceptors (Lipinski definition) is 3. The number of fused-ring (bicyclic) bond motifs is 1. The monoisotopic (exact) mass is 350 g/mol. The zero-order chi connectivity index (χ0) is 14.1. The van der Waals surface area contributed by atoms with Gasteiger partial charge in [0, 0.05) is 17.0 Å². The van der Waals surface area contributed by atoms with E-state index in [1.54, 1.807) is 11.3 Å². The first kappa shape index (κ1) is 13.8. The fourth-order valence-corrected chi connectivity index (χ4v) is 3.90. The van der Waals surface area contributed by atoms with Crippen LogP contribution in [-0.4, -0.2) is 5.91 Å². The molecule has 0 fully saturated rings. The molecule has 20 heavy (non-hydrogen) atoms. The zero-order valence-electron chi connectivity index (χ0n) is 10.9. The lowest BCUT2D eigenvalue weighted by atomic mass is 10.00. The van der Waals surface area contributed by atoms with Crippen LogP contribution in [0.1, 0.15) is 34.9 Å². The molecule has 3 N–H and O–H groups in total. The summed E-state index contributed by atoms with van der Waals surface area (Å²) < 4.78 is 1.09. The normalized spacial score (nSPS) is 16.2. The molecule has 104 valence electrons. The Labute approximate surface area is 130 Å². The smallest absolute Gasteiger partial charge is 0.224 e. The van der Waals surface area contributed by atoms with E-state index in [1.165, 1.54) is 5.56 Å². The van der Waals surface area contributed by atoms with Crippen LogP contribution in [0.3, 0.4) is 0 Å². The third-order valence-corrected chi connectivity index (χ3v) is 5.22. The molecule has 1 atom stereocenters. The molecule has 0 aliphatic carbocycles. The summed E-state index contributed by atoms with van der Waals surface area (Å²) in [6.07, 6.45) is 2.40. The fraction of sp³-hybridized carbons (Fsp3) is 0.267. The van der Waals surface area contributed by atoms with E-state index in [0.29, 0.717) is 6.42 Å². The van der Waals surface area contributed by atoms with Gasteiger partial charge in [0.15, 0.2) is 0 Å². The summed E-state index contributed by atoms with van der Waals surface area (Å²) in [5.74, 6) is 0.1000. The van der Waals surface area contributed by atoms with Crippen molar-refractivity contribution in [1.82, 2.24) is 0 Å². The highest BCUT2D eigenvalue weighted by atomic mass is 79.9. The van der Waals surface area contributed by atoms with Crippen molar-refractivity contribution in [2.24, 2.45) is 5.73 Å². The summed E-state index contributed by atoms with van der Waals surface area (Å²) in [6, 6.07) is 10.0. The lowest BCUT2D eigenvalue weighted by molar-refractivity contribution is -0.116. The van der Waals surface area contributed by atoms with Crippen molar-refractivity contribution in [3.05, 3.63) is 50.1 Å². The zero-order valence-corrected chi connectivity index (χ0v) is 13.3. The third-order valence-electron chi connectivity index (χ3n) is 3.51. The highest BCUT2D eigenvalue weighted by Crippen LogP contribution is 2.32. The SMILES string of the molecule is NC(c1ccc2c(c1)CCCC(=O)N2)c1ccc(Br)s1. The molecule has 0 saturated carbocycles. The first-order chi connectivity index (χ1) is 9.63. The van der Waals surface area contributed by atoms with Crippen molar-refractivity contribution >= 4 is 38.9 Å². The summed E-state index contributed by atoms with van der Waals surface area (Å²) in [5, 5.41) is 2.95. The molecule has 1 aliphatic rings. The minimum Gasteiger partial charge on any atom is -0.326 e. The Hall–Kier alpha value is -1.17. The van der Waals surface area contributed by atoms with Crippen LogP contribution in [0.5, 0.6) is 0 Å². The molecule has 1 aromatic heterocycles. The number of rotatable bonds is 2. The van der Waals surface area contributed by atoms with Crippen molar-refractivity contribution in [3.8, 4) is 0 Å². The molecule has 0 radical (unpaired) electrons. The second-order valence-electron chi connectivity index (χ2n) is 4.94. The van der Waals surface area contributed by atoms with Crippen molar-refractivity contribution in [3.63, 3.8) is 0 Å². The van der Waals surface area contributed by atoms with Gasteiger partial charge in [0.2, 0.25) is 5.91 Å². The van der Waals surface area contributed by atoms with Crippen molar-refractivity contribution in [2.75, 3.05) is 5.32 Å². The molecule has 1 aromatic carbocycles. The minimum atomic E-state index is -0.115. The molecule has 1 amide bonds. The van der Waals surface area contributed by atoms with E-state index in [9.17, 15) is 4.79 Å². The summed E-state index contributed by atoms with van der Waals surface area (Å²) in [4.78, 5) is 12.7. The number of halogens is 1. The van der Waals surface area contributed by atoms with E-state index in [4.69, 9.17) is 5.73 Å². The first-order valence-electron chi connectivity index (χ1n) is 6.57. The lowest BCUT2D eigenvalue weighted by Crippen LogP contribution is -2.12. The van der Waals surface area contributed by atoms with Gasteiger partial charge in [-0.1, -0.05) is 12.1 Å². The lowest BCUT2D eigenvalue weighted by Gasteiger charge is -2.14. The summed E-state index contributed by atoms with van der Waals surface area (Å²) >= 11 is 5.12. The van der Waals surface area contributed by atoms with E-state index < -0.39 is 0 Å². The van der Waals surface area contributed by atoms with Crippen molar-refractivity contribution in [1.29, 1.82) is 0 Å². The number of amides is 1. The highest BCUT2D eigenvalue weighted by molar-refractivity contribution is 9.11. The molecule has 2 heterocycles. The number of aryl methyl sites for hydroxylation is 1. The Bertz CT molecular complexity index is 653. The largest absolute Gasteiger partial charge is 0.326 e. The minimum absolute atomic E-state index is 0.1000. The van der Waals surface area contributed by atoms with Gasteiger partial charge in [0.25, 0.3) is 0 Å². The molecule has 0 spiro atoms. The fourth-order valence-electron chi connectivity index (χ4n) is 2.45. The Morgan fingerprint density at radius 1 is 1.25 bits per heavy atom. The Balaban J connectivity index is 1.92. The number of anilines is 1. The second-order valence-corrected chi connectivity index (χ2v) is 7.43. The summed E-state index contributed by atoms with van der Waals surface area (Å²) in [7, 11) is 0. The first-order valence-corrected chi connectivity index (χ1v) is 8.18. The van der Waals surface area contributed by atoms with Gasteiger partial charge in [-0.05, 0) is 58.1 Å². The Morgan fingerprint density at radius 2 is 2.10 bits per heavy atom. The van der Waals surface area contributed by atoms with Crippen molar-refractivity contribution in [2.45, 2.75) is 25.3 Å². The Morgan fingerprint density at radius 3 is 2.85 bits per heavy atom. The van der Waals surface area contributed by atoms with Gasteiger partial charge in [0.05, 0.1) is 9.83 Å². The van der Waals surface area contributed by atoms with Crippen LogP contribution in [0.25, 0.3) is 0 Å². The van der Waals surface area contributed by atoms with Gasteiger partial charge in [-0.15, -0.1) is 11.3 Å². The predicted molar refractivity (Wildman–Crippen MR) is 86.1 cm³/mol. The predicted octanol–water partition coefficient (Wildman–Crippen LogP) is 3.83.